The van der Waals surface area contributed by atoms with E-state index < -0.39 is 11.7 Å². The molecule has 0 atom stereocenters. The first kappa shape index (κ1) is 15.9. The number of benzene rings is 1. The minimum atomic E-state index is -0.486. The second-order valence-corrected chi connectivity index (χ2v) is 7.15. The van der Waals surface area contributed by atoms with Gasteiger partial charge < -0.3 is 10.2 Å². The van der Waals surface area contributed by atoms with Crippen LogP contribution in [0.3, 0.4) is 0 Å². The van der Waals surface area contributed by atoms with Crippen LogP contribution in [0.2, 0.25) is 0 Å². The summed E-state index contributed by atoms with van der Waals surface area (Å²) in [5, 5.41) is 3.33. The van der Waals surface area contributed by atoms with Gasteiger partial charge in [-0.05, 0) is 44.5 Å². The number of amides is 1. The molecule has 1 aliphatic heterocycles. The highest BCUT2D eigenvalue weighted by molar-refractivity contribution is 9.10. The molecule has 0 aromatic heterocycles. The van der Waals surface area contributed by atoms with Gasteiger partial charge in [0.05, 0.1) is 11.3 Å². The molecule has 0 fully saturated rings. The Morgan fingerprint density at radius 3 is 2.62 bits per heavy atom. The van der Waals surface area contributed by atoms with Crippen molar-refractivity contribution >= 4 is 33.3 Å². The number of halogens is 1. The number of nitrogens with zero attached hydrogens (tertiary/aromatic N) is 1. The molecule has 1 amide bonds. The average Bonchev–Trinajstić information content (AvgIpc) is 2.60. The zero-order valence-electron chi connectivity index (χ0n) is 12.5. The minimum Gasteiger partial charge on any atom is -0.308 e. The van der Waals surface area contributed by atoms with Gasteiger partial charge in [-0.3, -0.25) is 9.59 Å². The Labute approximate surface area is 133 Å². The zero-order valence-corrected chi connectivity index (χ0v) is 14.1. The van der Waals surface area contributed by atoms with Crippen LogP contribution >= 0.6 is 15.9 Å². The van der Waals surface area contributed by atoms with Gasteiger partial charge in [0, 0.05) is 23.1 Å². The van der Waals surface area contributed by atoms with E-state index in [1.54, 1.807) is 18.2 Å². The largest absolute Gasteiger partial charge is 0.308 e. The molecule has 0 saturated carbocycles. The molecule has 1 aromatic rings. The Balaban J connectivity index is 2.14. The Hall–Kier alpha value is -1.46. The number of nitrogens with one attached hydrogen (secondary N) is 1. The molecule has 1 heterocycles. The average molecular weight is 351 g/mol. The van der Waals surface area contributed by atoms with Gasteiger partial charge in [-0.15, -0.1) is 0 Å². The number of hydrogen-bond donors (Lipinski definition) is 1. The lowest BCUT2D eigenvalue weighted by Gasteiger charge is -2.23. The number of carbonyl (C=O) groups excluding carboxylic acids is 2. The van der Waals surface area contributed by atoms with E-state index in [0.717, 1.165) is 10.0 Å². The fourth-order valence-corrected chi connectivity index (χ4v) is 2.44. The van der Waals surface area contributed by atoms with Crippen LogP contribution in [-0.2, 0) is 4.79 Å². The van der Waals surface area contributed by atoms with Gasteiger partial charge in [-0.25, -0.2) is 0 Å². The first-order valence-electron chi connectivity index (χ1n) is 6.76. The molecule has 5 heteroatoms. The number of rotatable bonds is 4. The predicted molar refractivity (Wildman–Crippen MR) is 87.7 cm³/mol. The van der Waals surface area contributed by atoms with Crippen molar-refractivity contribution in [1.29, 1.82) is 0 Å². The van der Waals surface area contributed by atoms with Crippen LogP contribution in [0.25, 0.3) is 0 Å². The van der Waals surface area contributed by atoms with E-state index in [4.69, 9.17) is 0 Å². The van der Waals surface area contributed by atoms with E-state index in [2.05, 4.69) is 48.6 Å². The van der Waals surface area contributed by atoms with Gasteiger partial charge >= 0.3 is 0 Å². The van der Waals surface area contributed by atoms with Crippen LogP contribution in [0.5, 0.6) is 0 Å². The summed E-state index contributed by atoms with van der Waals surface area (Å²) >= 11 is 3.37. The lowest BCUT2D eigenvalue weighted by Crippen LogP contribution is -2.39. The van der Waals surface area contributed by atoms with Gasteiger partial charge in [-0.2, -0.15) is 0 Å². The van der Waals surface area contributed by atoms with E-state index >= 15 is 0 Å². The molecule has 0 spiro atoms. The number of anilines is 1. The molecule has 0 bridgehead atoms. The fourth-order valence-electron chi connectivity index (χ4n) is 2.09. The molecule has 0 saturated heterocycles. The Morgan fingerprint density at radius 1 is 1.33 bits per heavy atom. The fraction of sp³-hybridized carbons (Fsp3) is 0.375. The monoisotopic (exact) mass is 350 g/mol. The van der Waals surface area contributed by atoms with Crippen molar-refractivity contribution < 1.29 is 9.59 Å². The van der Waals surface area contributed by atoms with Crippen molar-refractivity contribution in [3.8, 4) is 0 Å². The van der Waals surface area contributed by atoms with Crippen LogP contribution in [0.15, 0.2) is 34.8 Å². The van der Waals surface area contributed by atoms with Gasteiger partial charge in [0.15, 0.2) is 0 Å². The number of carbonyl (C=O) groups is 2. The third kappa shape index (κ3) is 3.60. The zero-order chi connectivity index (χ0) is 15.8. The summed E-state index contributed by atoms with van der Waals surface area (Å²) in [7, 11) is 0. The Morgan fingerprint density at radius 2 is 2.00 bits per heavy atom. The second-order valence-electron chi connectivity index (χ2n) is 6.24. The van der Waals surface area contributed by atoms with E-state index in [9.17, 15) is 9.59 Å². The quantitative estimate of drug-likeness (QED) is 0.670. The summed E-state index contributed by atoms with van der Waals surface area (Å²) < 4.78 is 0.840. The van der Waals surface area contributed by atoms with Gasteiger partial charge in [0.1, 0.15) is 0 Å². The molecule has 2 rings (SSSR count). The lowest BCUT2D eigenvalue weighted by atomic mass is 10.1. The summed E-state index contributed by atoms with van der Waals surface area (Å²) in [5.41, 5.74) is 1.95. The Bertz CT molecular complexity index is 617. The highest BCUT2D eigenvalue weighted by atomic mass is 79.9. The molecule has 0 radical (unpaired) electrons. The van der Waals surface area contributed by atoms with Crippen LogP contribution in [0.1, 0.15) is 31.1 Å². The molecule has 1 aliphatic rings. The number of hydrogen-bond acceptors (Lipinski definition) is 3. The first-order chi connectivity index (χ1) is 9.69. The third-order valence-electron chi connectivity index (χ3n) is 3.19. The predicted octanol–water partition coefficient (Wildman–Crippen LogP) is 2.92. The van der Waals surface area contributed by atoms with Crippen LogP contribution in [-0.4, -0.2) is 30.3 Å². The van der Waals surface area contributed by atoms with Crippen molar-refractivity contribution in [2.45, 2.75) is 26.3 Å². The van der Waals surface area contributed by atoms with Crippen LogP contribution < -0.4 is 10.2 Å². The van der Waals surface area contributed by atoms with Gasteiger partial charge in [-0.1, -0.05) is 22.5 Å². The maximum Gasteiger partial charge on any atom is 0.299 e. The van der Waals surface area contributed by atoms with Crippen molar-refractivity contribution in [1.82, 2.24) is 5.32 Å². The Kier molecular flexibility index (Phi) is 4.35. The summed E-state index contributed by atoms with van der Waals surface area (Å²) in [4.78, 5) is 25.6. The van der Waals surface area contributed by atoms with E-state index in [0.29, 0.717) is 24.3 Å². The molecule has 21 heavy (non-hydrogen) atoms. The lowest BCUT2D eigenvalue weighted by molar-refractivity contribution is -0.114. The molecule has 1 N–H and O–H groups in total. The molecular weight excluding hydrogens is 332 g/mol. The SMILES string of the molecule is C=C(CNC(C)(C)C)CN1C(=O)C(=O)c2ccc(Br)cc21. The van der Waals surface area contributed by atoms with Gasteiger partial charge in [0.25, 0.3) is 11.7 Å². The molecule has 112 valence electrons. The van der Waals surface area contributed by atoms with Crippen LogP contribution in [0, 0.1) is 0 Å². The molecular formula is C16H19BrN2O2. The van der Waals surface area contributed by atoms with Gasteiger partial charge in [0.2, 0.25) is 0 Å². The van der Waals surface area contributed by atoms with Crippen LogP contribution in [0.4, 0.5) is 5.69 Å². The van der Waals surface area contributed by atoms with E-state index in [1.165, 1.54) is 4.90 Å². The minimum absolute atomic E-state index is 0.0191. The summed E-state index contributed by atoms with van der Waals surface area (Å²) in [6.07, 6.45) is 0. The number of fused-ring (bicyclic) bond motifs is 1. The third-order valence-corrected chi connectivity index (χ3v) is 3.68. The van der Waals surface area contributed by atoms with Crippen molar-refractivity contribution in [2.24, 2.45) is 0 Å². The topological polar surface area (TPSA) is 49.4 Å². The normalized spacial score (nSPS) is 14.6. The molecule has 1 aromatic carbocycles. The maximum atomic E-state index is 12.1. The van der Waals surface area contributed by atoms with E-state index in [1.807, 2.05) is 0 Å². The molecule has 0 unspecified atom stereocenters. The van der Waals surface area contributed by atoms with Crippen molar-refractivity contribution in [2.75, 3.05) is 18.0 Å². The van der Waals surface area contributed by atoms with E-state index in [-0.39, 0.29) is 5.54 Å². The number of Topliss-reactive ketones (excluding diaryl/α,β-unsaturated/α-hetero) is 1. The summed E-state index contributed by atoms with van der Waals surface area (Å²) in [6, 6.07) is 5.24. The van der Waals surface area contributed by atoms with Crippen molar-refractivity contribution in [3.63, 3.8) is 0 Å². The summed E-state index contributed by atoms with van der Waals surface area (Å²) in [5.74, 6) is -0.936. The number of ketones is 1. The standard InChI is InChI=1S/C16H19BrN2O2/c1-10(8-18-16(2,3)4)9-19-13-7-11(17)5-6-12(13)14(20)15(19)21/h5-7,18H,1,8-9H2,2-4H3. The highest BCUT2D eigenvalue weighted by Crippen LogP contribution is 2.32. The summed E-state index contributed by atoms with van der Waals surface area (Å²) in [6.45, 7) is 11.1. The maximum absolute atomic E-state index is 12.1. The smallest absolute Gasteiger partial charge is 0.299 e. The molecule has 4 nitrogen and oxygen atoms in total. The molecule has 0 aliphatic carbocycles. The highest BCUT2D eigenvalue weighted by Gasteiger charge is 2.35. The van der Waals surface area contributed by atoms with Crippen molar-refractivity contribution in [3.05, 3.63) is 40.4 Å². The second kappa shape index (κ2) is 5.73. The first-order valence-corrected chi connectivity index (χ1v) is 7.56.